The van der Waals surface area contributed by atoms with E-state index in [2.05, 4.69) is 44.9 Å². The molecule has 110 valence electrons. The van der Waals surface area contributed by atoms with Gasteiger partial charge in [-0.25, -0.2) is 0 Å². The molecule has 0 radical (unpaired) electrons. The van der Waals surface area contributed by atoms with Crippen LogP contribution < -0.4 is 10.6 Å². The first-order valence-corrected chi connectivity index (χ1v) is 7.89. The van der Waals surface area contributed by atoms with Crippen molar-refractivity contribution in [3.05, 3.63) is 60.4 Å². The minimum atomic E-state index is 0.673. The molecular formula is C16H20N4S. The van der Waals surface area contributed by atoms with E-state index in [0.717, 1.165) is 24.0 Å². The summed E-state index contributed by atoms with van der Waals surface area (Å²) in [4.78, 5) is 9.76. The molecule has 21 heavy (non-hydrogen) atoms. The first-order chi connectivity index (χ1) is 10.4. The minimum Gasteiger partial charge on any atom is -0.356 e. The third-order valence-electron chi connectivity index (χ3n) is 2.79. The van der Waals surface area contributed by atoms with Gasteiger partial charge in [-0.2, -0.15) is 0 Å². The summed E-state index contributed by atoms with van der Waals surface area (Å²) in [6.07, 6.45) is 1.80. The molecular weight excluding hydrogens is 280 g/mol. The van der Waals surface area contributed by atoms with Crippen LogP contribution in [-0.4, -0.2) is 30.3 Å². The molecule has 0 aliphatic rings. The molecule has 5 heteroatoms. The topological polar surface area (TPSA) is 49.3 Å². The highest BCUT2D eigenvalue weighted by Gasteiger charge is 1.98. The van der Waals surface area contributed by atoms with Crippen LogP contribution >= 0.6 is 11.8 Å². The Kier molecular flexibility index (Phi) is 6.61. The Bertz CT molecular complexity index is 543. The second-order valence-corrected chi connectivity index (χ2v) is 5.50. The largest absolute Gasteiger partial charge is 0.356 e. The van der Waals surface area contributed by atoms with E-state index in [9.17, 15) is 0 Å². The van der Waals surface area contributed by atoms with Crippen LogP contribution in [0.15, 0.2) is 64.6 Å². The summed E-state index contributed by atoms with van der Waals surface area (Å²) in [6.45, 7) is 1.54. The molecule has 0 atom stereocenters. The minimum absolute atomic E-state index is 0.673. The van der Waals surface area contributed by atoms with E-state index in [0.29, 0.717) is 6.54 Å². The van der Waals surface area contributed by atoms with Crippen LogP contribution in [0.2, 0.25) is 0 Å². The standard InChI is InChI=1S/C16H20N4S/c1-17-16(20-13-14-7-5-6-10-18-14)19-11-12-21-15-8-3-2-4-9-15/h2-10H,11-13H2,1H3,(H2,17,19,20). The zero-order chi connectivity index (χ0) is 14.8. The Morgan fingerprint density at radius 2 is 1.90 bits per heavy atom. The molecule has 1 aromatic carbocycles. The SMILES string of the molecule is CN=C(NCCSc1ccccc1)NCc1ccccn1. The van der Waals surface area contributed by atoms with Crippen molar-refractivity contribution >= 4 is 17.7 Å². The van der Waals surface area contributed by atoms with Crippen LogP contribution in [0.25, 0.3) is 0 Å². The van der Waals surface area contributed by atoms with Gasteiger partial charge in [0, 0.05) is 30.4 Å². The lowest BCUT2D eigenvalue weighted by atomic mass is 10.3. The van der Waals surface area contributed by atoms with E-state index in [1.807, 2.05) is 36.0 Å². The van der Waals surface area contributed by atoms with Crippen molar-refractivity contribution in [1.29, 1.82) is 0 Å². The summed E-state index contributed by atoms with van der Waals surface area (Å²) in [7, 11) is 1.78. The van der Waals surface area contributed by atoms with Crippen molar-refractivity contribution < 1.29 is 0 Å². The number of thioether (sulfide) groups is 1. The molecule has 1 aromatic heterocycles. The Balaban J connectivity index is 1.66. The van der Waals surface area contributed by atoms with E-state index in [4.69, 9.17) is 0 Å². The molecule has 0 spiro atoms. The summed E-state index contributed by atoms with van der Waals surface area (Å²) in [5.41, 5.74) is 0.999. The van der Waals surface area contributed by atoms with Crippen LogP contribution in [0.5, 0.6) is 0 Å². The lowest BCUT2D eigenvalue weighted by Crippen LogP contribution is -2.38. The monoisotopic (exact) mass is 300 g/mol. The molecule has 0 saturated heterocycles. The zero-order valence-corrected chi connectivity index (χ0v) is 12.9. The first-order valence-electron chi connectivity index (χ1n) is 6.91. The molecule has 0 amide bonds. The van der Waals surface area contributed by atoms with E-state index in [1.54, 1.807) is 13.2 Å². The van der Waals surface area contributed by atoms with Crippen molar-refractivity contribution in [1.82, 2.24) is 15.6 Å². The number of hydrogen-bond donors (Lipinski definition) is 2. The fourth-order valence-electron chi connectivity index (χ4n) is 1.75. The zero-order valence-electron chi connectivity index (χ0n) is 12.1. The summed E-state index contributed by atoms with van der Waals surface area (Å²) in [5.74, 6) is 1.79. The number of rotatable bonds is 6. The van der Waals surface area contributed by atoms with Crippen LogP contribution in [0.3, 0.4) is 0 Å². The quantitative estimate of drug-likeness (QED) is 0.372. The number of nitrogens with zero attached hydrogens (tertiary/aromatic N) is 2. The van der Waals surface area contributed by atoms with Crippen molar-refractivity contribution in [3.63, 3.8) is 0 Å². The van der Waals surface area contributed by atoms with Crippen molar-refractivity contribution in [2.45, 2.75) is 11.4 Å². The highest BCUT2D eigenvalue weighted by atomic mass is 32.2. The van der Waals surface area contributed by atoms with E-state index in [-0.39, 0.29) is 0 Å². The molecule has 0 aliphatic carbocycles. The molecule has 0 fully saturated rings. The molecule has 4 nitrogen and oxygen atoms in total. The number of benzene rings is 1. The molecule has 2 rings (SSSR count). The number of hydrogen-bond acceptors (Lipinski definition) is 3. The highest BCUT2D eigenvalue weighted by molar-refractivity contribution is 7.99. The molecule has 0 bridgehead atoms. The van der Waals surface area contributed by atoms with Crippen LogP contribution in [0, 0.1) is 0 Å². The lowest BCUT2D eigenvalue weighted by molar-refractivity contribution is 0.813. The van der Waals surface area contributed by atoms with Gasteiger partial charge in [0.25, 0.3) is 0 Å². The van der Waals surface area contributed by atoms with Gasteiger partial charge in [-0.05, 0) is 24.3 Å². The second-order valence-electron chi connectivity index (χ2n) is 4.34. The number of pyridine rings is 1. The van der Waals surface area contributed by atoms with Gasteiger partial charge in [0.2, 0.25) is 0 Å². The Morgan fingerprint density at radius 3 is 2.62 bits per heavy atom. The van der Waals surface area contributed by atoms with E-state index >= 15 is 0 Å². The summed E-state index contributed by atoms with van der Waals surface area (Å²) < 4.78 is 0. The van der Waals surface area contributed by atoms with Crippen molar-refractivity contribution in [3.8, 4) is 0 Å². The van der Waals surface area contributed by atoms with Gasteiger partial charge < -0.3 is 10.6 Å². The third-order valence-corrected chi connectivity index (χ3v) is 3.81. The van der Waals surface area contributed by atoms with Gasteiger partial charge >= 0.3 is 0 Å². The predicted molar refractivity (Wildman–Crippen MR) is 89.6 cm³/mol. The van der Waals surface area contributed by atoms with Crippen LogP contribution in [0.4, 0.5) is 0 Å². The number of aromatic nitrogens is 1. The Hall–Kier alpha value is -2.01. The predicted octanol–water partition coefficient (Wildman–Crippen LogP) is 2.54. The maximum absolute atomic E-state index is 4.27. The fourth-order valence-corrected chi connectivity index (χ4v) is 2.54. The fraction of sp³-hybridized carbons (Fsp3) is 0.250. The van der Waals surface area contributed by atoms with E-state index in [1.165, 1.54) is 4.90 Å². The highest BCUT2D eigenvalue weighted by Crippen LogP contribution is 2.15. The Labute approximate surface area is 130 Å². The number of nitrogens with one attached hydrogen (secondary N) is 2. The third kappa shape index (κ3) is 5.87. The molecule has 0 aliphatic heterocycles. The molecule has 0 unspecified atom stereocenters. The van der Waals surface area contributed by atoms with Gasteiger partial charge in [-0.1, -0.05) is 24.3 Å². The number of aliphatic imine (C=N–C) groups is 1. The second kappa shape index (κ2) is 9.02. The van der Waals surface area contributed by atoms with Gasteiger partial charge in [0.05, 0.1) is 12.2 Å². The van der Waals surface area contributed by atoms with Crippen molar-refractivity contribution in [2.24, 2.45) is 4.99 Å². The lowest BCUT2D eigenvalue weighted by Gasteiger charge is -2.11. The maximum Gasteiger partial charge on any atom is 0.191 e. The summed E-state index contributed by atoms with van der Waals surface area (Å²) in [5, 5.41) is 6.55. The maximum atomic E-state index is 4.27. The molecule has 0 saturated carbocycles. The Morgan fingerprint density at radius 1 is 1.10 bits per heavy atom. The van der Waals surface area contributed by atoms with Gasteiger partial charge in [0.15, 0.2) is 5.96 Å². The normalized spacial score (nSPS) is 11.2. The molecule has 1 heterocycles. The summed E-state index contributed by atoms with van der Waals surface area (Å²) in [6, 6.07) is 16.3. The van der Waals surface area contributed by atoms with E-state index < -0.39 is 0 Å². The van der Waals surface area contributed by atoms with Gasteiger partial charge in [0.1, 0.15) is 0 Å². The molecule has 2 aromatic rings. The number of guanidine groups is 1. The van der Waals surface area contributed by atoms with Crippen LogP contribution in [-0.2, 0) is 6.54 Å². The first kappa shape index (κ1) is 15.4. The van der Waals surface area contributed by atoms with Gasteiger partial charge in [-0.15, -0.1) is 11.8 Å². The van der Waals surface area contributed by atoms with Crippen LogP contribution in [0.1, 0.15) is 5.69 Å². The summed E-state index contributed by atoms with van der Waals surface area (Å²) >= 11 is 1.83. The molecule has 2 N–H and O–H groups in total. The smallest absolute Gasteiger partial charge is 0.191 e. The average Bonchev–Trinajstić information content (AvgIpc) is 2.56. The van der Waals surface area contributed by atoms with Gasteiger partial charge in [-0.3, -0.25) is 9.98 Å². The average molecular weight is 300 g/mol. The van der Waals surface area contributed by atoms with Crippen molar-refractivity contribution in [2.75, 3.05) is 19.3 Å².